The van der Waals surface area contributed by atoms with Crippen LogP contribution >= 0.6 is 0 Å². The Morgan fingerprint density at radius 2 is 2.19 bits per heavy atom. The molecule has 0 fully saturated rings. The molecular formula is C13H23NO2. The molecule has 0 saturated heterocycles. The lowest BCUT2D eigenvalue weighted by atomic mass is 9.95. The number of nitrogens with one attached hydrogen (secondary N) is 1. The van der Waals surface area contributed by atoms with Crippen LogP contribution in [0.25, 0.3) is 0 Å². The fourth-order valence-corrected chi connectivity index (χ4v) is 1.81. The average molecular weight is 225 g/mol. The summed E-state index contributed by atoms with van der Waals surface area (Å²) >= 11 is 0. The third kappa shape index (κ3) is 3.35. The van der Waals surface area contributed by atoms with Gasteiger partial charge in [-0.15, -0.1) is 0 Å². The molecule has 0 aromatic carbocycles. The SMILES string of the molecule is CNC(CCC(C)(C)OC)c1ccoc1C. The Morgan fingerprint density at radius 3 is 2.62 bits per heavy atom. The summed E-state index contributed by atoms with van der Waals surface area (Å²) in [6.07, 6.45) is 3.80. The smallest absolute Gasteiger partial charge is 0.105 e. The van der Waals surface area contributed by atoms with Crippen LogP contribution in [-0.2, 0) is 4.74 Å². The van der Waals surface area contributed by atoms with Gasteiger partial charge in [0.2, 0.25) is 0 Å². The molecule has 0 bridgehead atoms. The molecule has 1 heterocycles. The van der Waals surface area contributed by atoms with Crippen molar-refractivity contribution in [3.05, 3.63) is 23.7 Å². The molecule has 0 amide bonds. The first kappa shape index (κ1) is 13.3. The third-order valence-electron chi connectivity index (χ3n) is 3.21. The Labute approximate surface area is 98.2 Å². The van der Waals surface area contributed by atoms with Gasteiger partial charge in [0.15, 0.2) is 0 Å². The lowest BCUT2D eigenvalue weighted by Crippen LogP contribution is -2.26. The lowest BCUT2D eigenvalue weighted by molar-refractivity contribution is 0.0118. The highest BCUT2D eigenvalue weighted by Crippen LogP contribution is 2.26. The predicted molar refractivity (Wildman–Crippen MR) is 65.6 cm³/mol. The van der Waals surface area contributed by atoms with E-state index in [2.05, 4.69) is 19.2 Å². The van der Waals surface area contributed by atoms with E-state index in [1.54, 1.807) is 13.4 Å². The van der Waals surface area contributed by atoms with Gasteiger partial charge in [-0.25, -0.2) is 0 Å². The van der Waals surface area contributed by atoms with Gasteiger partial charge < -0.3 is 14.5 Å². The highest BCUT2D eigenvalue weighted by molar-refractivity contribution is 5.20. The largest absolute Gasteiger partial charge is 0.469 e. The fourth-order valence-electron chi connectivity index (χ4n) is 1.81. The summed E-state index contributed by atoms with van der Waals surface area (Å²) in [5.74, 6) is 0.995. The minimum absolute atomic E-state index is 0.0628. The summed E-state index contributed by atoms with van der Waals surface area (Å²) in [5.41, 5.74) is 1.18. The Balaban J connectivity index is 2.60. The molecule has 0 aliphatic heterocycles. The number of hydrogen-bond acceptors (Lipinski definition) is 3. The quantitative estimate of drug-likeness (QED) is 0.808. The number of furan rings is 1. The van der Waals surface area contributed by atoms with E-state index >= 15 is 0 Å². The van der Waals surface area contributed by atoms with Crippen LogP contribution in [0.4, 0.5) is 0 Å². The molecule has 1 aromatic heterocycles. The van der Waals surface area contributed by atoms with Crippen LogP contribution in [0.2, 0.25) is 0 Å². The Kier molecular flexibility index (Phi) is 4.56. The van der Waals surface area contributed by atoms with Gasteiger partial charge in [0, 0.05) is 18.7 Å². The highest BCUT2D eigenvalue weighted by Gasteiger charge is 2.20. The highest BCUT2D eigenvalue weighted by atomic mass is 16.5. The summed E-state index contributed by atoms with van der Waals surface area (Å²) in [7, 11) is 3.74. The molecule has 3 heteroatoms. The van der Waals surface area contributed by atoms with Crippen molar-refractivity contribution in [1.29, 1.82) is 0 Å². The summed E-state index contributed by atoms with van der Waals surface area (Å²) < 4.78 is 10.8. The number of hydrogen-bond donors (Lipinski definition) is 1. The topological polar surface area (TPSA) is 34.4 Å². The van der Waals surface area contributed by atoms with E-state index in [1.165, 1.54) is 5.56 Å². The monoisotopic (exact) mass is 225 g/mol. The van der Waals surface area contributed by atoms with Gasteiger partial charge in [-0.3, -0.25) is 0 Å². The van der Waals surface area contributed by atoms with Gasteiger partial charge >= 0.3 is 0 Å². The molecule has 16 heavy (non-hydrogen) atoms. The van der Waals surface area contributed by atoms with Gasteiger partial charge in [-0.05, 0) is 46.7 Å². The molecule has 1 rings (SSSR count). The summed E-state index contributed by atoms with van der Waals surface area (Å²) in [6.45, 7) is 6.23. The minimum atomic E-state index is -0.0628. The number of ether oxygens (including phenoxy) is 1. The molecule has 1 unspecified atom stereocenters. The standard InChI is InChI=1S/C13H23NO2/c1-10-11(7-9-16-10)12(14-4)6-8-13(2,3)15-5/h7,9,12,14H,6,8H2,1-5H3. The van der Waals surface area contributed by atoms with Crippen LogP contribution < -0.4 is 5.32 Å². The van der Waals surface area contributed by atoms with Crippen LogP contribution in [-0.4, -0.2) is 19.8 Å². The van der Waals surface area contributed by atoms with Gasteiger partial charge in [0.25, 0.3) is 0 Å². The normalized spacial score (nSPS) is 14.1. The van der Waals surface area contributed by atoms with E-state index in [-0.39, 0.29) is 5.60 Å². The number of aryl methyl sites for hydroxylation is 1. The molecule has 0 saturated carbocycles. The van der Waals surface area contributed by atoms with E-state index in [0.717, 1.165) is 18.6 Å². The van der Waals surface area contributed by atoms with Crippen molar-refractivity contribution in [2.24, 2.45) is 0 Å². The summed E-state index contributed by atoms with van der Waals surface area (Å²) in [5, 5.41) is 3.33. The van der Waals surface area contributed by atoms with Gasteiger partial charge in [-0.2, -0.15) is 0 Å². The van der Waals surface area contributed by atoms with Crippen LogP contribution in [0.5, 0.6) is 0 Å². The van der Waals surface area contributed by atoms with E-state index in [9.17, 15) is 0 Å². The first-order valence-corrected chi connectivity index (χ1v) is 5.76. The zero-order valence-electron chi connectivity index (χ0n) is 11.0. The molecule has 1 atom stereocenters. The van der Waals surface area contributed by atoms with E-state index in [1.807, 2.05) is 20.0 Å². The predicted octanol–water partition coefficient (Wildman–Crippen LogP) is 3.05. The van der Waals surface area contributed by atoms with Gasteiger partial charge in [0.05, 0.1) is 11.9 Å². The summed E-state index contributed by atoms with van der Waals surface area (Å²) in [4.78, 5) is 0. The number of rotatable bonds is 6. The second-order valence-corrected chi connectivity index (χ2v) is 4.78. The van der Waals surface area contributed by atoms with E-state index < -0.39 is 0 Å². The molecule has 0 aliphatic rings. The second-order valence-electron chi connectivity index (χ2n) is 4.78. The number of methoxy groups -OCH3 is 1. The lowest BCUT2D eigenvalue weighted by Gasteiger charge is -2.25. The van der Waals surface area contributed by atoms with Crippen LogP contribution in [0.15, 0.2) is 16.7 Å². The maximum absolute atomic E-state index is 5.43. The van der Waals surface area contributed by atoms with E-state index in [0.29, 0.717) is 6.04 Å². The minimum Gasteiger partial charge on any atom is -0.469 e. The fraction of sp³-hybridized carbons (Fsp3) is 0.692. The maximum atomic E-state index is 5.43. The molecular weight excluding hydrogens is 202 g/mol. The van der Waals surface area contributed by atoms with Gasteiger partial charge in [0.1, 0.15) is 5.76 Å². The Morgan fingerprint density at radius 1 is 1.50 bits per heavy atom. The van der Waals surface area contributed by atoms with Crippen molar-refractivity contribution in [3.8, 4) is 0 Å². The summed E-state index contributed by atoms with van der Waals surface area (Å²) in [6, 6.07) is 2.38. The zero-order valence-corrected chi connectivity index (χ0v) is 11.0. The molecule has 0 spiro atoms. The van der Waals surface area contributed by atoms with Crippen molar-refractivity contribution in [2.75, 3.05) is 14.2 Å². The zero-order chi connectivity index (χ0) is 12.2. The Bertz CT molecular complexity index is 317. The molecule has 3 nitrogen and oxygen atoms in total. The van der Waals surface area contributed by atoms with Crippen LogP contribution in [0.1, 0.15) is 44.1 Å². The van der Waals surface area contributed by atoms with E-state index in [4.69, 9.17) is 9.15 Å². The molecule has 1 N–H and O–H groups in total. The van der Waals surface area contributed by atoms with Gasteiger partial charge in [-0.1, -0.05) is 0 Å². The van der Waals surface area contributed by atoms with Crippen molar-refractivity contribution in [2.45, 2.75) is 45.3 Å². The second kappa shape index (κ2) is 5.51. The van der Waals surface area contributed by atoms with Crippen molar-refractivity contribution < 1.29 is 9.15 Å². The molecule has 0 radical (unpaired) electrons. The molecule has 1 aromatic rings. The molecule has 0 aliphatic carbocycles. The Hall–Kier alpha value is -0.800. The first-order valence-electron chi connectivity index (χ1n) is 5.76. The van der Waals surface area contributed by atoms with Crippen LogP contribution in [0, 0.1) is 6.92 Å². The van der Waals surface area contributed by atoms with Crippen LogP contribution in [0.3, 0.4) is 0 Å². The first-order chi connectivity index (χ1) is 7.50. The maximum Gasteiger partial charge on any atom is 0.105 e. The van der Waals surface area contributed by atoms with Crippen molar-refractivity contribution in [1.82, 2.24) is 5.32 Å². The molecule has 92 valence electrons. The third-order valence-corrected chi connectivity index (χ3v) is 3.21. The van der Waals surface area contributed by atoms with Crippen molar-refractivity contribution in [3.63, 3.8) is 0 Å². The average Bonchev–Trinajstić information content (AvgIpc) is 2.66. The van der Waals surface area contributed by atoms with Crippen molar-refractivity contribution >= 4 is 0 Å².